The Hall–Kier alpha value is -2.26. The third kappa shape index (κ3) is 9.85. The summed E-state index contributed by atoms with van der Waals surface area (Å²) in [7, 11) is 0. The molecule has 0 aliphatic carbocycles. The second kappa shape index (κ2) is 12.5. The Morgan fingerprint density at radius 1 is 0.973 bits per heavy atom. The lowest BCUT2D eigenvalue weighted by molar-refractivity contribution is -0.216. The van der Waals surface area contributed by atoms with Gasteiger partial charge in [0.25, 0.3) is 5.91 Å². The van der Waals surface area contributed by atoms with Gasteiger partial charge >= 0.3 is 6.09 Å². The maximum absolute atomic E-state index is 13.3. The minimum atomic E-state index is -0.799. The van der Waals surface area contributed by atoms with Crippen LogP contribution in [0.3, 0.4) is 0 Å². The lowest BCUT2D eigenvalue weighted by Crippen LogP contribution is -2.54. The molecule has 1 fully saturated rings. The highest BCUT2D eigenvalue weighted by molar-refractivity contribution is 7.99. The Kier molecular flexibility index (Phi) is 9.92. The van der Waals surface area contributed by atoms with Gasteiger partial charge in [0.2, 0.25) is 0 Å². The molecule has 1 aliphatic rings. The lowest BCUT2D eigenvalue weighted by atomic mass is 9.93. The SMILES string of the molecule is CC(C)(C)OC(=O)N(OC(C)(C)C)C(=O)C1CC(CSc2ccc(Oc3ccc(Cl)cc3)cc2)CCN1. The zero-order valence-corrected chi connectivity index (χ0v) is 23.9. The number of amides is 2. The van der Waals surface area contributed by atoms with Crippen molar-refractivity contribution in [3.8, 4) is 11.5 Å². The van der Waals surface area contributed by atoms with E-state index in [9.17, 15) is 9.59 Å². The second-order valence-corrected chi connectivity index (χ2v) is 12.6. The van der Waals surface area contributed by atoms with Gasteiger partial charge in [-0.2, -0.15) is 0 Å². The lowest BCUT2D eigenvalue weighted by Gasteiger charge is -2.35. The highest BCUT2D eigenvalue weighted by Crippen LogP contribution is 2.30. The van der Waals surface area contributed by atoms with E-state index >= 15 is 0 Å². The molecule has 37 heavy (non-hydrogen) atoms. The first-order chi connectivity index (χ1) is 17.3. The molecule has 2 amide bonds. The van der Waals surface area contributed by atoms with E-state index in [0.29, 0.717) is 23.9 Å². The van der Waals surface area contributed by atoms with E-state index in [1.807, 2.05) is 36.4 Å². The van der Waals surface area contributed by atoms with Crippen LogP contribution < -0.4 is 10.1 Å². The number of hydroxylamine groups is 2. The number of thioether (sulfide) groups is 1. The average molecular weight is 549 g/mol. The van der Waals surface area contributed by atoms with Crippen LogP contribution in [0.15, 0.2) is 53.4 Å². The minimum absolute atomic E-state index is 0.306. The summed E-state index contributed by atoms with van der Waals surface area (Å²) in [6, 6.07) is 14.7. The summed E-state index contributed by atoms with van der Waals surface area (Å²) in [4.78, 5) is 33.0. The van der Waals surface area contributed by atoms with Gasteiger partial charge in [0.15, 0.2) is 0 Å². The number of ether oxygens (including phenoxy) is 2. The molecule has 9 heteroatoms. The summed E-state index contributed by atoms with van der Waals surface area (Å²) in [6.07, 6.45) is 0.754. The first-order valence-electron chi connectivity index (χ1n) is 12.4. The van der Waals surface area contributed by atoms with E-state index in [1.54, 1.807) is 65.4 Å². The van der Waals surface area contributed by atoms with Gasteiger partial charge in [-0.15, -0.1) is 16.8 Å². The fourth-order valence-corrected chi connectivity index (χ4v) is 4.87. The highest BCUT2D eigenvalue weighted by Gasteiger charge is 2.38. The first-order valence-corrected chi connectivity index (χ1v) is 13.8. The molecule has 1 saturated heterocycles. The molecule has 2 atom stereocenters. The Balaban J connectivity index is 1.56. The number of hydrogen-bond acceptors (Lipinski definition) is 7. The normalized spacial score (nSPS) is 18.2. The van der Waals surface area contributed by atoms with E-state index in [2.05, 4.69) is 5.32 Å². The maximum Gasteiger partial charge on any atom is 0.442 e. The van der Waals surface area contributed by atoms with E-state index in [-0.39, 0.29) is 0 Å². The number of nitrogens with one attached hydrogen (secondary N) is 1. The summed E-state index contributed by atoms with van der Waals surface area (Å²) in [5.41, 5.74) is -1.48. The van der Waals surface area contributed by atoms with Crippen LogP contribution in [0.5, 0.6) is 11.5 Å². The number of hydrogen-bond donors (Lipinski definition) is 1. The quantitative estimate of drug-likeness (QED) is 0.292. The van der Waals surface area contributed by atoms with Crippen LogP contribution in [0.25, 0.3) is 0 Å². The van der Waals surface area contributed by atoms with E-state index in [0.717, 1.165) is 33.6 Å². The molecule has 0 aromatic heterocycles. The van der Waals surface area contributed by atoms with Crippen molar-refractivity contribution in [3.63, 3.8) is 0 Å². The number of rotatable bonds is 7. The van der Waals surface area contributed by atoms with Crippen LogP contribution in [0, 0.1) is 5.92 Å². The predicted molar refractivity (Wildman–Crippen MR) is 147 cm³/mol. The van der Waals surface area contributed by atoms with Crippen molar-refractivity contribution in [2.45, 2.75) is 76.5 Å². The molecule has 0 bridgehead atoms. The van der Waals surface area contributed by atoms with Crippen LogP contribution in [0.2, 0.25) is 5.02 Å². The first kappa shape index (κ1) is 29.3. The maximum atomic E-state index is 13.3. The average Bonchev–Trinajstić information content (AvgIpc) is 2.82. The zero-order valence-electron chi connectivity index (χ0n) is 22.4. The minimum Gasteiger partial charge on any atom is -0.457 e. The summed E-state index contributed by atoms with van der Waals surface area (Å²) < 4.78 is 11.3. The van der Waals surface area contributed by atoms with E-state index in [1.165, 1.54) is 0 Å². The third-order valence-electron chi connectivity index (χ3n) is 5.29. The van der Waals surface area contributed by atoms with Crippen molar-refractivity contribution >= 4 is 35.4 Å². The van der Waals surface area contributed by atoms with Crippen molar-refractivity contribution in [1.29, 1.82) is 0 Å². The van der Waals surface area contributed by atoms with Gasteiger partial charge in [0.05, 0.1) is 11.6 Å². The van der Waals surface area contributed by atoms with Crippen molar-refractivity contribution in [1.82, 2.24) is 10.4 Å². The van der Waals surface area contributed by atoms with Gasteiger partial charge in [-0.05, 0) is 115 Å². The van der Waals surface area contributed by atoms with E-state index < -0.39 is 29.2 Å². The molecule has 2 unspecified atom stereocenters. The molecular formula is C28H37ClN2O5S. The Labute approximate surface area is 229 Å². The van der Waals surface area contributed by atoms with Crippen LogP contribution in [-0.2, 0) is 14.4 Å². The standard InChI is InChI=1S/C28H37ClN2O5S/c1-27(2,3)35-26(33)31(36-28(4,5)6)25(32)24-17-19(15-16-30-24)18-37-23-13-11-22(12-14-23)34-21-9-7-20(29)8-10-21/h7-14,19,24,30H,15-18H2,1-6H3. The molecule has 1 aliphatic heterocycles. The summed E-state index contributed by atoms with van der Waals surface area (Å²) >= 11 is 7.67. The Morgan fingerprint density at radius 2 is 1.57 bits per heavy atom. The molecular weight excluding hydrogens is 512 g/mol. The molecule has 3 rings (SSSR count). The third-order valence-corrected chi connectivity index (χ3v) is 6.79. The number of benzene rings is 2. The van der Waals surface area contributed by atoms with Gasteiger partial charge in [-0.25, -0.2) is 4.79 Å². The molecule has 202 valence electrons. The van der Waals surface area contributed by atoms with Crippen LogP contribution in [0.4, 0.5) is 4.79 Å². The van der Waals surface area contributed by atoms with E-state index in [4.69, 9.17) is 25.9 Å². The number of piperidine rings is 1. The van der Waals surface area contributed by atoms with Crippen molar-refractivity contribution in [3.05, 3.63) is 53.6 Å². The van der Waals surface area contributed by atoms with Crippen molar-refractivity contribution < 1.29 is 23.9 Å². The monoisotopic (exact) mass is 548 g/mol. The Bertz CT molecular complexity index is 1050. The number of nitrogens with zero attached hydrogens (tertiary/aromatic N) is 1. The largest absolute Gasteiger partial charge is 0.457 e. The Morgan fingerprint density at radius 3 is 2.14 bits per heavy atom. The zero-order chi connectivity index (χ0) is 27.2. The van der Waals surface area contributed by atoms with Crippen molar-refractivity contribution in [2.75, 3.05) is 12.3 Å². The smallest absolute Gasteiger partial charge is 0.442 e. The molecule has 2 aromatic carbocycles. The molecule has 1 heterocycles. The predicted octanol–water partition coefficient (Wildman–Crippen LogP) is 7.09. The topological polar surface area (TPSA) is 77.1 Å². The molecule has 0 radical (unpaired) electrons. The van der Waals surface area contributed by atoms with Crippen LogP contribution >= 0.6 is 23.4 Å². The number of halogens is 1. The molecule has 2 aromatic rings. The van der Waals surface area contributed by atoms with Gasteiger partial charge < -0.3 is 14.8 Å². The molecule has 1 N–H and O–H groups in total. The molecule has 0 spiro atoms. The van der Waals surface area contributed by atoms with Gasteiger partial charge in [0, 0.05) is 15.7 Å². The number of carbonyl (C=O) groups excluding carboxylic acids is 2. The second-order valence-electron chi connectivity index (χ2n) is 11.1. The van der Waals surface area contributed by atoms with Crippen LogP contribution in [0.1, 0.15) is 54.4 Å². The summed E-state index contributed by atoms with van der Waals surface area (Å²) in [5, 5.41) is 4.71. The summed E-state index contributed by atoms with van der Waals surface area (Å²) in [6.45, 7) is 11.3. The summed E-state index contributed by atoms with van der Waals surface area (Å²) in [5.74, 6) is 2.21. The molecule has 7 nitrogen and oxygen atoms in total. The highest BCUT2D eigenvalue weighted by atomic mass is 35.5. The van der Waals surface area contributed by atoms with Crippen LogP contribution in [-0.4, -0.2) is 46.6 Å². The fraction of sp³-hybridized carbons (Fsp3) is 0.500. The van der Waals surface area contributed by atoms with Gasteiger partial charge in [-0.3, -0.25) is 9.63 Å². The number of imide groups is 1. The van der Waals surface area contributed by atoms with Crippen molar-refractivity contribution in [2.24, 2.45) is 5.92 Å². The van der Waals surface area contributed by atoms with Gasteiger partial charge in [0.1, 0.15) is 17.1 Å². The van der Waals surface area contributed by atoms with Gasteiger partial charge in [-0.1, -0.05) is 11.6 Å². The number of carbonyl (C=O) groups is 2. The molecule has 0 saturated carbocycles. The fourth-order valence-electron chi connectivity index (χ4n) is 3.68.